The van der Waals surface area contributed by atoms with Crippen molar-refractivity contribution in [3.63, 3.8) is 0 Å². The van der Waals surface area contributed by atoms with Gasteiger partial charge in [-0.3, -0.25) is 9.59 Å². The summed E-state index contributed by atoms with van der Waals surface area (Å²) in [6.07, 6.45) is 0.481. The summed E-state index contributed by atoms with van der Waals surface area (Å²) in [6, 6.07) is 5.40. The zero-order valence-corrected chi connectivity index (χ0v) is 12.4. The van der Waals surface area contributed by atoms with Crippen LogP contribution in [0.1, 0.15) is 12.8 Å². The summed E-state index contributed by atoms with van der Waals surface area (Å²) in [5.74, 6) is -2.16. The number of hydrogen-bond acceptors (Lipinski definition) is 7. The summed E-state index contributed by atoms with van der Waals surface area (Å²) >= 11 is 0. The summed E-state index contributed by atoms with van der Waals surface area (Å²) in [5, 5.41) is 10.4. The first-order valence-corrected chi connectivity index (χ1v) is 8.35. The Kier molecular flexibility index (Phi) is 5.59. The van der Waals surface area contributed by atoms with Gasteiger partial charge in [-0.1, -0.05) is 16.9 Å². The smallest absolute Gasteiger partial charge is 0.336 e. The van der Waals surface area contributed by atoms with Gasteiger partial charge in [0, 0.05) is 24.8 Å². The van der Waals surface area contributed by atoms with Crippen molar-refractivity contribution >= 4 is 39.4 Å². The molecule has 2 amide bonds. The van der Waals surface area contributed by atoms with Crippen molar-refractivity contribution in [3.05, 3.63) is 24.4 Å². The second-order valence-electron chi connectivity index (χ2n) is 4.05. The molecule has 1 N–H and O–H groups in total. The highest BCUT2D eigenvalue weighted by Gasteiger charge is 2.34. The van der Waals surface area contributed by atoms with Crippen LogP contribution in [0.4, 0.5) is 0 Å². The number of carboxylic acid groups (broad SMARTS) is 1. The Morgan fingerprint density at radius 2 is 2.10 bits per heavy atom. The summed E-state index contributed by atoms with van der Waals surface area (Å²) in [4.78, 5) is 43.0. The molecule has 1 aromatic rings. The van der Waals surface area contributed by atoms with Crippen molar-refractivity contribution < 1.29 is 24.3 Å². The number of hydroxylamine groups is 2. The van der Waals surface area contributed by atoms with E-state index in [2.05, 4.69) is 4.98 Å². The summed E-state index contributed by atoms with van der Waals surface area (Å²) in [7, 11) is 2.53. The van der Waals surface area contributed by atoms with Crippen molar-refractivity contribution in [3.8, 4) is 0 Å². The second kappa shape index (κ2) is 7.43. The predicted molar refractivity (Wildman–Crippen MR) is 76.1 cm³/mol. The average molecular weight is 328 g/mol. The number of rotatable bonds is 7. The number of pyridine rings is 1. The molecule has 2 heterocycles. The fourth-order valence-electron chi connectivity index (χ4n) is 1.50. The number of aliphatic carboxylic acids is 1. The van der Waals surface area contributed by atoms with Crippen molar-refractivity contribution in [2.45, 2.75) is 24.0 Å². The van der Waals surface area contributed by atoms with Gasteiger partial charge in [-0.05, 0) is 22.9 Å². The van der Waals surface area contributed by atoms with Gasteiger partial charge in [0.1, 0.15) is 5.03 Å². The van der Waals surface area contributed by atoms with Crippen molar-refractivity contribution in [2.75, 3.05) is 5.75 Å². The third-order valence-electron chi connectivity index (χ3n) is 2.52. The van der Waals surface area contributed by atoms with Gasteiger partial charge in [0.25, 0.3) is 11.8 Å². The third kappa shape index (κ3) is 4.45. The number of carbonyl (C=O) groups excluding carboxylic acids is 2. The molecule has 0 saturated carbocycles. The number of hydrogen-bond donors (Lipinski definition) is 1. The minimum atomic E-state index is -1.27. The Morgan fingerprint density at radius 1 is 1.38 bits per heavy atom. The Bertz CT molecular complexity index is 524. The molecule has 0 aromatic carbocycles. The van der Waals surface area contributed by atoms with Crippen LogP contribution in [0.2, 0.25) is 0 Å². The molecule has 0 bridgehead atoms. The van der Waals surface area contributed by atoms with Crippen LogP contribution in [0.15, 0.2) is 29.4 Å². The summed E-state index contributed by atoms with van der Waals surface area (Å²) in [6.45, 7) is 0. The molecule has 1 fully saturated rings. The van der Waals surface area contributed by atoms with E-state index in [1.807, 2.05) is 6.07 Å². The van der Waals surface area contributed by atoms with E-state index in [0.717, 1.165) is 5.03 Å². The van der Waals surface area contributed by atoms with Crippen LogP contribution < -0.4 is 0 Å². The van der Waals surface area contributed by atoms with Crippen molar-refractivity contribution in [2.24, 2.45) is 0 Å². The molecule has 1 aromatic heterocycles. The predicted octanol–water partition coefficient (Wildman–Crippen LogP) is 1.36. The van der Waals surface area contributed by atoms with Gasteiger partial charge in [-0.15, -0.1) is 0 Å². The van der Waals surface area contributed by atoms with E-state index in [0.29, 0.717) is 5.06 Å². The van der Waals surface area contributed by atoms with Gasteiger partial charge < -0.3 is 5.11 Å². The van der Waals surface area contributed by atoms with E-state index in [-0.39, 0.29) is 18.6 Å². The third-order valence-corrected chi connectivity index (χ3v) is 4.76. The molecular formula is C12H12N2O5S2. The number of carboxylic acids is 1. The molecule has 7 nitrogen and oxygen atoms in total. The van der Waals surface area contributed by atoms with Crippen LogP contribution in [-0.2, 0) is 19.2 Å². The topological polar surface area (TPSA) is 96.8 Å². The molecule has 1 aliphatic rings. The van der Waals surface area contributed by atoms with E-state index in [4.69, 9.17) is 9.94 Å². The second-order valence-corrected chi connectivity index (χ2v) is 6.41. The standard InChI is InChI=1S/C12H12N2O5S2/c15-10-4-5-11(16)14(10)19-8(12(17)18)7-20-21-9-3-1-2-6-13-9/h1-3,6,8H,4-5,7H2,(H,17,18). The zero-order valence-electron chi connectivity index (χ0n) is 10.8. The molecule has 1 aliphatic heterocycles. The maximum atomic E-state index is 11.4. The number of carbonyl (C=O) groups is 3. The van der Waals surface area contributed by atoms with Gasteiger partial charge in [-0.25, -0.2) is 14.6 Å². The highest BCUT2D eigenvalue weighted by molar-refractivity contribution is 8.76. The van der Waals surface area contributed by atoms with E-state index in [1.165, 1.54) is 21.6 Å². The highest BCUT2D eigenvalue weighted by Crippen LogP contribution is 2.30. The van der Waals surface area contributed by atoms with Crippen molar-refractivity contribution in [1.29, 1.82) is 0 Å². The van der Waals surface area contributed by atoms with Crippen LogP contribution in [-0.4, -0.2) is 44.8 Å². The Hall–Kier alpha value is -1.58. The SMILES string of the molecule is O=C(O)C(CSSc1ccccn1)ON1C(=O)CCC1=O. The zero-order chi connectivity index (χ0) is 15.2. The minimum Gasteiger partial charge on any atom is -0.479 e. The molecule has 9 heteroatoms. The van der Waals surface area contributed by atoms with Crippen LogP contribution in [0.3, 0.4) is 0 Å². The summed E-state index contributed by atoms with van der Waals surface area (Å²) in [5.41, 5.74) is 0. The number of amides is 2. The van der Waals surface area contributed by atoms with E-state index in [1.54, 1.807) is 18.3 Å². The fraction of sp³-hybridized carbons (Fsp3) is 0.333. The molecule has 1 saturated heterocycles. The molecule has 112 valence electrons. The maximum absolute atomic E-state index is 11.4. The van der Waals surface area contributed by atoms with Gasteiger partial charge in [0.05, 0.1) is 0 Å². The largest absolute Gasteiger partial charge is 0.479 e. The Balaban J connectivity index is 1.86. The average Bonchev–Trinajstić information content (AvgIpc) is 2.78. The lowest BCUT2D eigenvalue weighted by Gasteiger charge is -2.18. The Labute approximate surface area is 128 Å². The highest BCUT2D eigenvalue weighted by atomic mass is 33.1. The molecular weight excluding hydrogens is 316 g/mol. The first-order chi connectivity index (χ1) is 10.1. The minimum absolute atomic E-state index is 0.0565. The van der Waals surface area contributed by atoms with E-state index < -0.39 is 23.9 Å². The number of imide groups is 1. The molecule has 0 radical (unpaired) electrons. The molecule has 0 spiro atoms. The Morgan fingerprint density at radius 3 is 2.67 bits per heavy atom. The fourth-order valence-corrected chi connectivity index (χ4v) is 3.49. The first-order valence-electron chi connectivity index (χ1n) is 6.04. The lowest BCUT2D eigenvalue weighted by molar-refractivity contribution is -0.205. The molecule has 21 heavy (non-hydrogen) atoms. The van der Waals surface area contributed by atoms with E-state index >= 15 is 0 Å². The molecule has 1 atom stereocenters. The quantitative estimate of drug-likeness (QED) is 0.592. The maximum Gasteiger partial charge on any atom is 0.336 e. The molecule has 1 unspecified atom stereocenters. The van der Waals surface area contributed by atoms with E-state index in [9.17, 15) is 14.4 Å². The van der Waals surface area contributed by atoms with Crippen LogP contribution in [0, 0.1) is 0 Å². The normalized spacial score (nSPS) is 16.3. The van der Waals surface area contributed by atoms with Gasteiger partial charge in [0.15, 0.2) is 6.10 Å². The summed E-state index contributed by atoms with van der Waals surface area (Å²) < 4.78 is 0. The lowest BCUT2D eigenvalue weighted by atomic mass is 10.4. The van der Waals surface area contributed by atoms with Gasteiger partial charge in [-0.2, -0.15) is 5.06 Å². The van der Waals surface area contributed by atoms with Crippen LogP contribution in [0.25, 0.3) is 0 Å². The van der Waals surface area contributed by atoms with Gasteiger partial charge >= 0.3 is 5.97 Å². The molecule has 0 aliphatic carbocycles. The number of nitrogens with zero attached hydrogens (tertiary/aromatic N) is 2. The monoisotopic (exact) mass is 328 g/mol. The van der Waals surface area contributed by atoms with Crippen LogP contribution in [0.5, 0.6) is 0 Å². The number of aromatic nitrogens is 1. The van der Waals surface area contributed by atoms with Crippen molar-refractivity contribution in [1.82, 2.24) is 10.0 Å². The lowest BCUT2D eigenvalue weighted by Crippen LogP contribution is -2.38. The van der Waals surface area contributed by atoms with Crippen LogP contribution >= 0.6 is 21.6 Å². The first kappa shape index (κ1) is 15.8. The molecule has 2 rings (SSSR count). The van der Waals surface area contributed by atoms with Gasteiger partial charge in [0.2, 0.25) is 0 Å².